The van der Waals surface area contributed by atoms with Crippen LogP contribution in [0.1, 0.15) is 146 Å². The Bertz CT molecular complexity index is 2750. The molecule has 2 heterocycles. The number of amides is 6. The number of rotatable bonds is 26. The van der Waals surface area contributed by atoms with Gasteiger partial charge < -0.3 is 55.4 Å². The highest BCUT2D eigenvalue weighted by molar-refractivity contribution is 5.99. The van der Waals surface area contributed by atoms with Crippen molar-refractivity contribution in [2.75, 3.05) is 41.4 Å². The lowest BCUT2D eigenvalue weighted by Gasteiger charge is -2.41. The molecule has 0 spiro atoms. The minimum atomic E-state index is -1.03. The number of carbonyl (C=O) groups is 6. The Morgan fingerprint density at radius 2 is 1.44 bits per heavy atom. The highest BCUT2D eigenvalue weighted by Gasteiger charge is 2.44. The van der Waals surface area contributed by atoms with Gasteiger partial charge in [-0.3, -0.25) is 33.3 Å². The first-order chi connectivity index (χ1) is 37.8. The number of aromatic nitrogens is 3. The molecule has 438 valence electrons. The molecule has 80 heavy (non-hydrogen) atoms. The van der Waals surface area contributed by atoms with E-state index in [4.69, 9.17) is 9.47 Å². The van der Waals surface area contributed by atoms with Gasteiger partial charge in [-0.1, -0.05) is 99.1 Å². The second-order valence-corrected chi connectivity index (χ2v) is 22.2. The van der Waals surface area contributed by atoms with E-state index in [1.54, 1.807) is 80.1 Å². The van der Waals surface area contributed by atoms with Crippen LogP contribution in [0.4, 0.5) is 0 Å². The zero-order chi connectivity index (χ0) is 59.4. The molecule has 0 bridgehead atoms. The number of phenolic OH excluding ortho intramolecular Hbond substituents is 2. The number of aliphatic hydroxyl groups is 1. The Labute approximate surface area is 472 Å². The van der Waals surface area contributed by atoms with Crippen LogP contribution in [-0.2, 0) is 28.7 Å². The van der Waals surface area contributed by atoms with Crippen molar-refractivity contribution in [1.82, 2.24) is 45.4 Å². The van der Waals surface area contributed by atoms with E-state index in [-0.39, 0.29) is 64.3 Å². The van der Waals surface area contributed by atoms with Crippen LogP contribution in [0.15, 0.2) is 66.7 Å². The van der Waals surface area contributed by atoms with Crippen molar-refractivity contribution in [2.45, 2.75) is 156 Å². The Hall–Kier alpha value is -6.90. The molecular weight excluding hydrogens is 1020 g/mol. The Kier molecular flexibility index (Phi) is 22.8. The van der Waals surface area contributed by atoms with E-state index in [0.29, 0.717) is 49.2 Å². The van der Waals surface area contributed by atoms with Crippen molar-refractivity contribution in [1.29, 1.82) is 0 Å². The molecule has 5 rings (SSSR count). The summed E-state index contributed by atoms with van der Waals surface area (Å²) in [6.07, 6.45) is -0.472. The monoisotopic (exact) mass is 1110 g/mol. The van der Waals surface area contributed by atoms with Crippen LogP contribution >= 0.6 is 0 Å². The average molecular weight is 1110 g/mol. The molecule has 9 unspecified atom stereocenters. The van der Waals surface area contributed by atoms with Crippen LogP contribution in [-0.4, -0.2) is 164 Å². The van der Waals surface area contributed by atoms with Crippen molar-refractivity contribution in [2.24, 2.45) is 23.7 Å². The fourth-order valence-corrected chi connectivity index (χ4v) is 11.0. The predicted molar refractivity (Wildman–Crippen MR) is 305 cm³/mol. The molecule has 6 N–H and O–H groups in total. The van der Waals surface area contributed by atoms with Crippen molar-refractivity contribution in [3.05, 3.63) is 89.2 Å². The van der Waals surface area contributed by atoms with Gasteiger partial charge >= 0.3 is 0 Å². The number of nitrogens with zero attached hydrogens (tertiary/aromatic N) is 6. The third-order valence-electron chi connectivity index (χ3n) is 15.7. The number of likely N-dealkylation sites (N-methyl/N-ethyl adjacent to an activating group) is 2. The summed E-state index contributed by atoms with van der Waals surface area (Å²) in [5.41, 5.74) is 2.05. The number of ether oxygens (including phenoxy) is 2. The third kappa shape index (κ3) is 14.5. The quantitative estimate of drug-likeness (QED) is 0.0387. The van der Waals surface area contributed by atoms with Crippen molar-refractivity contribution < 1.29 is 53.6 Å². The summed E-state index contributed by atoms with van der Waals surface area (Å²) in [6.45, 7) is 21.0. The van der Waals surface area contributed by atoms with E-state index < -0.39 is 89.9 Å². The van der Waals surface area contributed by atoms with Gasteiger partial charge in [0, 0.05) is 58.7 Å². The standard InChI is InChI=1S/C60H87N9O11/c1-16-36(9)51(47(79-14)32-48(72)68-29-21-24-44(68)53(80-15)37(10)56(74)62-38(11)52(73)39-22-19-18-20-23-39)67(13)60(78)49(34(5)6)63-57(75)50(35(7)8)66(12)59(77)40-25-27-41(28-26-40)69-54(64-65-55(69)58(76)61-17-2)43-30-42(33(3)4)45(70)31-46(43)71/h18-20,22-23,25-28,30-31,33-38,44,47,49-53,70-71,73H,16-17,21,24,29,32H2,1-15H3,(H,61,76)(H,62,74)(H,63,75)/t36?,37?,38?,44-,47?,49?,50?,51?,52?,53?/m1/s1. The number of hydrogen-bond donors (Lipinski definition) is 6. The number of aromatic hydroxyl groups is 2. The van der Waals surface area contributed by atoms with E-state index in [2.05, 4.69) is 26.1 Å². The first kappa shape index (κ1) is 63.9. The zero-order valence-corrected chi connectivity index (χ0v) is 49.4. The molecule has 0 saturated carbocycles. The molecule has 1 saturated heterocycles. The first-order valence-electron chi connectivity index (χ1n) is 28.0. The molecule has 3 aromatic carbocycles. The molecule has 0 aliphatic carbocycles. The fourth-order valence-electron chi connectivity index (χ4n) is 11.0. The van der Waals surface area contributed by atoms with E-state index in [1.807, 2.05) is 73.6 Å². The lowest BCUT2D eigenvalue weighted by molar-refractivity contribution is -0.148. The second-order valence-electron chi connectivity index (χ2n) is 22.2. The maximum absolute atomic E-state index is 14.9. The number of phenols is 2. The van der Waals surface area contributed by atoms with Gasteiger partial charge in [0.2, 0.25) is 29.5 Å². The molecule has 20 heteroatoms. The van der Waals surface area contributed by atoms with E-state index in [9.17, 15) is 44.1 Å². The van der Waals surface area contributed by atoms with Crippen molar-refractivity contribution in [3.63, 3.8) is 0 Å². The molecule has 1 aliphatic heterocycles. The maximum atomic E-state index is 14.9. The van der Waals surface area contributed by atoms with Crippen LogP contribution < -0.4 is 16.0 Å². The van der Waals surface area contributed by atoms with Crippen molar-refractivity contribution in [3.8, 4) is 28.6 Å². The molecule has 10 atom stereocenters. The minimum absolute atomic E-state index is 0.0736. The minimum Gasteiger partial charge on any atom is -0.508 e. The van der Waals surface area contributed by atoms with E-state index in [0.717, 1.165) is 0 Å². The third-order valence-corrected chi connectivity index (χ3v) is 15.7. The SMILES string of the molecule is CCNC(=O)c1nnc(-c2cc(C(C)C)c(O)cc2O)n1-c1ccc(C(=O)N(C)C(C(=O)NC(C(=O)N(C)C(C(C)CC)C(CC(=O)N2CCC[C@@H]2C(OC)C(C)C(=O)NC(C)C(O)c2ccccc2)OC)C(C)C)C(C)C)cc1. The number of benzene rings is 3. The second kappa shape index (κ2) is 28.5. The van der Waals surface area contributed by atoms with Gasteiger partial charge in [0.15, 0.2) is 5.82 Å². The zero-order valence-electron chi connectivity index (χ0n) is 49.4. The summed E-state index contributed by atoms with van der Waals surface area (Å²) in [7, 11) is 6.22. The Morgan fingerprint density at radius 1 is 0.787 bits per heavy atom. The van der Waals surface area contributed by atoms with Crippen LogP contribution in [0.2, 0.25) is 0 Å². The van der Waals surface area contributed by atoms with Crippen LogP contribution in [0.5, 0.6) is 11.5 Å². The normalized spacial score (nSPS) is 17.0. The van der Waals surface area contributed by atoms with Gasteiger partial charge in [-0.25, -0.2) is 0 Å². The summed E-state index contributed by atoms with van der Waals surface area (Å²) in [6, 6.07) is 14.5. The predicted octanol–water partition coefficient (Wildman–Crippen LogP) is 6.61. The van der Waals surface area contributed by atoms with E-state index >= 15 is 0 Å². The van der Waals surface area contributed by atoms with Crippen LogP contribution in [0, 0.1) is 23.7 Å². The topological polar surface area (TPSA) is 258 Å². The number of carbonyl (C=O) groups excluding carboxylic acids is 6. The summed E-state index contributed by atoms with van der Waals surface area (Å²) in [5.74, 6) is -4.58. The number of aliphatic hydroxyl groups excluding tert-OH is 1. The number of methoxy groups -OCH3 is 2. The van der Waals surface area contributed by atoms with E-state index in [1.165, 1.54) is 36.8 Å². The lowest BCUT2D eigenvalue weighted by atomic mass is 9.89. The maximum Gasteiger partial charge on any atom is 0.289 e. The van der Waals surface area contributed by atoms with Gasteiger partial charge in [-0.2, -0.15) is 0 Å². The van der Waals surface area contributed by atoms with Gasteiger partial charge in [0.25, 0.3) is 11.8 Å². The molecule has 6 amide bonds. The molecule has 1 aliphatic rings. The summed E-state index contributed by atoms with van der Waals surface area (Å²) in [5, 5.41) is 49.7. The van der Waals surface area contributed by atoms with Gasteiger partial charge in [-0.15, -0.1) is 10.2 Å². The number of hydrogen-bond acceptors (Lipinski definition) is 13. The number of nitrogens with one attached hydrogen (secondary N) is 3. The van der Waals surface area contributed by atoms with Crippen LogP contribution in [0.3, 0.4) is 0 Å². The highest BCUT2D eigenvalue weighted by atomic mass is 16.5. The first-order valence-corrected chi connectivity index (χ1v) is 28.0. The average Bonchev–Trinajstić information content (AvgIpc) is 4.21. The molecule has 1 fully saturated rings. The Morgan fingerprint density at radius 3 is 2.00 bits per heavy atom. The smallest absolute Gasteiger partial charge is 0.289 e. The lowest BCUT2D eigenvalue weighted by Crippen LogP contribution is -2.60. The molecule has 4 aromatic rings. The largest absolute Gasteiger partial charge is 0.508 e. The van der Waals surface area contributed by atoms with Gasteiger partial charge in [-0.05, 0) is 91.8 Å². The summed E-state index contributed by atoms with van der Waals surface area (Å²) in [4.78, 5) is 89.9. The van der Waals surface area contributed by atoms with Gasteiger partial charge in [0.1, 0.15) is 23.6 Å². The Balaban J connectivity index is 1.33. The highest BCUT2D eigenvalue weighted by Crippen LogP contribution is 2.39. The number of likely N-dealkylation sites (tertiary alicyclic amines) is 1. The van der Waals surface area contributed by atoms with Crippen molar-refractivity contribution >= 4 is 35.4 Å². The molecular formula is C60H87N9O11. The molecule has 0 radical (unpaired) electrons. The summed E-state index contributed by atoms with van der Waals surface area (Å²) >= 11 is 0. The molecule has 20 nitrogen and oxygen atoms in total. The molecule has 1 aromatic heterocycles. The van der Waals surface area contributed by atoms with Gasteiger partial charge in [0.05, 0.1) is 54.3 Å². The fraction of sp³-hybridized carbons (Fsp3) is 0.567. The van der Waals surface area contributed by atoms with Crippen LogP contribution in [0.25, 0.3) is 17.1 Å². The summed E-state index contributed by atoms with van der Waals surface area (Å²) < 4.78 is 13.5.